The molecular weight excluding hydrogens is 396 g/mol. The van der Waals surface area contributed by atoms with E-state index in [-0.39, 0.29) is 18.2 Å². The third kappa shape index (κ3) is 4.41. The molecule has 0 aromatic heterocycles. The number of hydrazone groups is 1. The molecule has 0 radical (unpaired) electrons. The van der Waals surface area contributed by atoms with Crippen molar-refractivity contribution in [3.63, 3.8) is 0 Å². The number of nitrogens with zero attached hydrogens (tertiary/aromatic N) is 1. The summed E-state index contributed by atoms with van der Waals surface area (Å²) >= 11 is 1.27. The van der Waals surface area contributed by atoms with Crippen LogP contribution < -0.4 is 16.1 Å². The molecule has 2 aromatic carbocycles. The van der Waals surface area contributed by atoms with Crippen LogP contribution in [0.3, 0.4) is 0 Å². The number of hydrogen-bond acceptors (Lipinski definition) is 5. The summed E-state index contributed by atoms with van der Waals surface area (Å²) in [4.78, 5) is 24.8. The number of carbonyl (C=O) groups excluding carboxylic acids is 2. The van der Waals surface area contributed by atoms with Gasteiger partial charge in [0.15, 0.2) is 5.17 Å². The number of amidine groups is 1. The maximum absolute atomic E-state index is 12.5. The average molecular weight is 421 g/mol. The monoisotopic (exact) mass is 420 g/mol. The van der Waals surface area contributed by atoms with E-state index < -0.39 is 5.25 Å². The Kier molecular flexibility index (Phi) is 5.90. The van der Waals surface area contributed by atoms with E-state index in [0.29, 0.717) is 5.17 Å². The number of amides is 2. The summed E-state index contributed by atoms with van der Waals surface area (Å²) in [6, 6.07) is 14.0. The van der Waals surface area contributed by atoms with E-state index in [9.17, 15) is 9.59 Å². The summed E-state index contributed by atoms with van der Waals surface area (Å²) < 4.78 is 0. The van der Waals surface area contributed by atoms with Crippen molar-refractivity contribution in [2.45, 2.75) is 38.4 Å². The summed E-state index contributed by atoms with van der Waals surface area (Å²) in [5.74, 6) is -0.385. The Balaban J connectivity index is 1.37. The van der Waals surface area contributed by atoms with Crippen LogP contribution in [0.2, 0.25) is 0 Å². The van der Waals surface area contributed by atoms with Gasteiger partial charge in [0.05, 0.1) is 5.70 Å². The number of rotatable bonds is 5. The van der Waals surface area contributed by atoms with Gasteiger partial charge in [0.25, 0.3) is 0 Å². The first kappa shape index (κ1) is 20.2. The van der Waals surface area contributed by atoms with Crippen molar-refractivity contribution in [3.8, 4) is 0 Å². The summed E-state index contributed by atoms with van der Waals surface area (Å²) in [5.41, 5.74) is 9.36. The van der Waals surface area contributed by atoms with Gasteiger partial charge >= 0.3 is 0 Å². The highest BCUT2D eigenvalue weighted by Crippen LogP contribution is 2.26. The van der Waals surface area contributed by atoms with Crippen LogP contribution in [-0.4, -0.2) is 22.2 Å². The van der Waals surface area contributed by atoms with Crippen molar-refractivity contribution < 1.29 is 9.59 Å². The Bertz CT molecular complexity index is 1060. The number of anilines is 1. The Morgan fingerprint density at radius 1 is 1.20 bits per heavy atom. The van der Waals surface area contributed by atoms with Crippen LogP contribution in [0, 0.1) is 13.8 Å². The van der Waals surface area contributed by atoms with Crippen LogP contribution >= 0.6 is 11.8 Å². The van der Waals surface area contributed by atoms with Crippen LogP contribution in [-0.2, 0) is 16.0 Å². The van der Waals surface area contributed by atoms with Crippen molar-refractivity contribution in [1.29, 1.82) is 0 Å². The minimum Gasteiger partial charge on any atom is -0.326 e. The second kappa shape index (κ2) is 8.75. The molecule has 0 unspecified atom stereocenters. The molecule has 3 N–H and O–H groups in total. The fraction of sp³-hybridized carbons (Fsp3) is 0.261. The Morgan fingerprint density at radius 3 is 2.90 bits per heavy atom. The number of benzene rings is 2. The number of hydrogen-bond donors (Lipinski definition) is 3. The molecule has 0 bridgehead atoms. The predicted octanol–water partition coefficient (Wildman–Crippen LogP) is 3.71. The zero-order chi connectivity index (χ0) is 21.1. The fourth-order valence-corrected chi connectivity index (χ4v) is 4.48. The molecule has 4 rings (SSSR count). The van der Waals surface area contributed by atoms with Gasteiger partial charge in [0.2, 0.25) is 11.8 Å². The van der Waals surface area contributed by atoms with Gasteiger partial charge in [0.1, 0.15) is 5.25 Å². The van der Waals surface area contributed by atoms with Crippen LogP contribution in [0.5, 0.6) is 0 Å². The molecule has 1 fully saturated rings. The largest absolute Gasteiger partial charge is 0.326 e. The first-order valence-electron chi connectivity index (χ1n) is 9.97. The van der Waals surface area contributed by atoms with E-state index in [0.717, 1.165) is 40.9 Å². The van der Waals surface area contributed by atoms with Crippen LogP contribution in [0.15, 0.2) is 53.6 Å². The lowest BCUT2D eigenvalue weighted by atomic mass is 9.95. The summed E-state index contributed by atoms with van der Waals surface area (Å²) in [5, 5.41) is 10.0. The first-order chi connectivity index (χ1) is 14.5. The van der Waals surface area contributed by atoms with E-state index >= 15 is 0 Å². The van der Waals surface area contributed by atoms with Crippen molar-refractivity contribution in [1.82, 2.24) is 10.7 Å². The summed E-state index contributed by atoms with van der Waals surface area (Å²) in [7, 11) is 0. The fourth-order valence-electron chi connectivity index (χ4n) is 3.55. The normalized spacial score (nSPS) is 19.1. The first-order valence-corrected chi connectivity index (χ1v) is 10.8. The number of carbonyl (C=O) groups is 2. The van der Waals surface area contributed by atoms with Crippen LogP contribution in [0.25, 0.3) is 5.70 Å². The Labute approximate surface area is 180 Å². The quantitative estimate of drug-likeness (QED) is 0.644. The van der Waals surface area contributed by atoms with Gasteiger partial charge in [-0.25, -0.2) is 0 Å². The Morgan fingerprint density at radius 2 is 2.03 bits per heavy atom. The van der Waals surface area contributed by atoms with Gasteiger partial charge in [-0.2, -0.15) is 0 Å². The maximum Gasteiger partial charge on any atom is 0.240 e. The van der Waals surface area contributed by atoms with E-state index in [1.54, 1.807) is 0 Å². The highest BCUT2D eigenvalue weighted by Gasteiger charge is 2.32. The van der Waals surface area contributed by atoms with Gasteiger partial charge in [-0.1, -0.05) is 54.2 Å². The number of allylic oxidation sites excluding steroid dienone is 1. The number of aryl methyl sites for hydroxylation is 2. The van der Waals surface area contributed by atoms with E-state index in [1.165, 1.54) is 17.3 Å². The smallest absolute Gasteiger partial charge is 0.240 e. The van der Waals surface area contributed by atoms with Gasteiger partial charge in [-0.05, 0) is 49.4 Å². The zero-order valence-electron chi connectivity index (χ0n) is 17.0. The highest BCUT2D eigenvalue weighted by atomic mass is 32.2. The molecule has 1 saturated heterocycles. The molecule has 1 heterocycles. The van der Waals surface area contributed by atoms with E-state index in [4.69, 9.17) is 0 Å². The average Bonchev–Trinajstić information content (AvgIpc) is 3.09. The molecule has 2 amide bonds. The lowest BCUT2D eigenvalue weighted by Crippen LogP contribution is -2.28. The molecule has 1 aliphatic carbocycles. The zero-order valence-corrected chi connectivity index (χ0v) is 17.8. The molecule has 30 heavy (non-hydrogen) atoms. The SMILES string of the molecule is Cc1cccc(NC(=O)C[C@H]2S/C(=N\NC3=CCCc4ccccc43)NC2=O)c1C. The third-order valence-corrected chi connectivity index (χ3v) is 6.46. The molecule has 2 aliphatic rings. The minimum atomic E-state index is -0.497. The van der Waals surface area contributed by atoms with E-state index in [2.05, 4.69) is 39.4 Å². The predicted molar refractivity (Wildman–Crippen MR) is 122 cm³/mol. The van der Waals surface area contributed by atoms with Crippen LogP contribution in [0.1, 0.15) is 35.1 Å². The minimum absolute atomic E-state index is 0.0917. The van der Waals surface area contributed by atoms with E-state index in [1.807, 2.05) is 44.2 Å². The molecule has 1 aliphatic heterocycles. The lowest BCUT2D eigenvalue weighted by molar-refractivity contribution is -0.122. The molecule has 0 saturated carbocycles. The second-order valence-corrected chi connectivity index (χ2v) is 8.63. The molecule has 1 atom stereocenters. The Hall–Kier alpha value is -3.06. The molecule has 7 heteroatoms. The number of fused-ring (bicyclic) bond motifs is 1. The second-order valence-electron chi connectivity index (χ2n) is 7.44. The van der Waals surface area contributed by atoms with Gasteiger partial charge in [-0.3, -0.25) is 15.0 Å². The van der Waals surface area contributed by atoms with Crippen molar-refractivity contribution >= 4 is 40.1 Å². The van der Waals surface area contributed by atoms with Crippen molar-refractivity contribution in [3.05, 3.63) is 70.8 Å². The summed E-state index contributed by atoms with van der Waals surface area (Å²) in [6.45, 7) is 3.97. The van der Waals surface area contributed by atoms with Gasteiger partial charge in [-0.15, -0.1) is 5.10 Å². The standard InChI is InChI=1S/C23H24N4O2S/c1-14-7-5-11-18(15(14)2)24-21(28)13-20-22(29)25-23(30-20)27-26-19-12-6-9-16-8-3-4-10-17(16)19/h3-5,7-8,10-12,20,26H,6,9,13H2,1-2H3,(H,24,28)(H,25,27,29)/t20-/m1/s1. The molecule has 6 nitrogen and oxygen atoms in total. The van der Waals surface area contributed by atoms with Gasteiger partial charge in [0, 0.05) is 17.7 Å². The lowest BCUT2D eigenvalue weighted by Gasteiger charge is -2.16. The highest BCUT2D eigenvalue weighted by molar-refractivity contribution is 8.15. The summed E-state index contributed by atoms with van der Waals surface area (Å²) in [6.07, 6.45) is 4.17. The maximum atomic E-state index is 12.5. The molecule has 2 aromatic rings. The van der Waals surface area contributed by atoms with Crippen molar-refractivity contribution in [2.75, 3.05) is 5.32 Å². The topological polar surface area (TPSA) is 82.6 Å². The molecular formula is C23H24N4O2S. The third-order valence-electron chi connectivity index (χ3n) is 5.37. The van der Waals surface area contributed by atoms with Gasteiger partial charge < -0.3 is 10.6 Å². The molecule has 0 spiro atoms. The number of nitrogens with one attached hydrogen (secondary N) is 3. The number of thioether (sulfide) groups is 1. The van der Waals surface area contributed by atoms with Crippen molar-refractivity contribution in [2.24, 2.45) is 5.10 Å². The van der Waals surface area contributed by atoms with Crippen LogP contribution in [0.4, 0.5) is 5.69 Å². The molecule has 154 valence electrons.